The maximum absolute atomic E-state index is 10.4. The second-order valence-corrected chi connectivity index (χ2v) is 6.16. The third-order valence-electron chi connectivity index (χ3n) is 3.02. The van der Waals surface area contributed by atoms with E-state index < -0.39 is 6.10 Å². The van der Waals surface area contributed by atoms with E-state index in [1.165, 1.54) is 0 Å². The summed E-state index contributed by atoms with van der Waals surface area (Å²) in [7, 11) is 0. The number of hydrogen-bond donors (Lipinski definition) is 1. The molecule has 1 aromatic heterocycles. The van der Waals surface area contributed by atoms with Gasteiger partial charge in [-0.05, 0) is 42.5 Å². The van der Waals surface area contributed by atoms with Crippen molar-refractivity contribution in [2.75, 3.05) is 0 Å². The summed E-state index contributed by atoms with van der Waals surface area (Å²) in [4.78, 5) is 0. The van der Waals surface area contributed by atoms with Crippen molar-refractivity contribution in [1.29, 1.82) is 0 Å². The summed E-state index contributed by atoms with van der Waals surface area (Å²) in [5, 5.41) is 12.4. The highest BCUT2D eigenvalue weighted by molar-refractivity contribution is 9.10. The molecule has 0 spiro atoms. The second kappa shape index (κ2) is 5.41. The van der Waals surface area contributed by atoms with Gasteiger partial charge >= 0.3 is 0 Å². The van der Waals surface area contributed by atoms with E-state index in [0.717, 1.165) is 9.86 Å². The minimum absolute atomic E-state index is 0.433. The number of furan rings is 1. The zero-order valence-corrected chi connectivity index (χ0v) is 13.2. The zero-order valence-electron chi connectivity index (χ0n) is 10.1. The van der Waals surface area contributed by atoms with Gasteiger partial charge in [-0.1, -0.05) is 39.1 Å². The van der Waals surface area contributed by atoms with Gasteiger partial charge in [-0.15, -0.1) is 0 Å². The molecule has 1 atom stereocenters. The molecule has 0 saturated heterocycles. The molecular formula is C15H9BrCl2O2. The van der Waals surface area contributed by atoms with Gasteiger partial charge in [-0.2, -0.15) is 0 Å². The first-order chi connectivity index (χ1) is 9.54. The Morgan fingerprint density at radius 3 is 2.65 bits per heavy atom. The van der Waals surface area contributed by atoms with Crippen LogP contribution in [0.3, 0.4) is 0 Å². The summed E-state index contributed by atoms with van der Waals surface area (Å²) in [5.74, 6) is 0.433. The van der Waals surface area contributed by atoms with E-state index in [0.29, 0.717) is 27.0 Å². The Morgan fingerprint density at radius 1 is 1.05 bits per heavy atom. The minimum Gasteiger partial charge on any atom is -0.458 e. The molecule has 0 aliphatic carbocycles. The van der Waals surface area contributed by atoms with Gasteiger partial charge in [0.2, 0.25) is 0 Å². The summed E-state index contributed by atoms with van der Waals surface area (Å²) < 4.78 is 6.49. The molecule has 3 rings (SSSR count). The highest BCUT2D eigenvalue weighted by Gasteiger charge is 2.18. The zero-order chi connectivity index (χ0) is 14.3. The van der Waals surface area contributed by atoms with Gasteiger partial charge in [-0.25, -0.2) is 0 Å². The van der Waals surface area contributed by atoms with Crippen LogP contribution >= 0.6 is 39.1 Å². The molecule has 102 valence electrons. The highest BCUT2D eigenvalue weighted by atomic mass is 79.9. The van der Waals surface area contributed by atoms with Gasteiger partial charge < -0.3 is 9.52 Å². The van der Waals surface area contributed by atoms with E-state index in [9.17, 15) is 5.11 Å². The molecule has 1 unspecified atom stereocenters. The number of aliphatic hydroxyl groups excluding tert-OH is 1. The highest BCUT2D eigenvalue weighted by Crippen LogP contribution is 2.34. The van der Waals surface area contributed by atoms with Gasteiger partial charge in [0.25, 0.3) is 0 Å². The fourth-order valence-electron chi connectivity index (χ4n) is 2.05. The number of benzene rings is 2. The summed E-state index contributed by atoms with van der Waals surface area (Å²) in [6.45, 7) is 0. The average Bonchev–Trinajstić information content (AvgIpc) is 2.83. The Balaban J connectivity index is 2.07. The summed E-state index contributed by atoms with van der Waals surface area (Å²) in [6.07, 6.45) is -0.925. The van der Waals surface area contributed by atoms with Crippen molar-refractivity contribution in [3.63, 3.8) is 0 Å². The Bertz CT molecular complexity index is 783. The number of aliphatic hydroxyl groups is 1. The van der Waals surface area contributed by atoms with Crippen molar-refractivity contribution in [3.8, 4) is 0 Å². The third-order valence-corrected chi connectivity index (χ3v) is 4.09. The summed E-state index contributed by atoms with van der Waals surface area (Å²) in [6, 6.07) is 12.4. The molecule has 2 nitrogen and oxygen atoms in total. The van der Waals surface area contributed by atoms with Crippen LogP contribution in [0.15, 0.2) is 51.4 Å². The van der Waals surface area contributed by atoms with Gasteiger partial charge in [-0.3, -0.25) is 0 Å². The van der Waals surface area contributed by atoms with Gasteiger partial charge in [0.1, 0.15) is 17.4 Å². The van der Waals surface area contributed by atoms with Crippen LogP contribution in [0.1, 0.15) is 17.4 Å². The molecule has 2 aromatic carbocycles. The second-order valence-electron chi connectivity index (χ2n) is 4.40. The molecule has 0 bridgehead atoms. The molecule has 1 N–H and O–H groups in total. The molecule has 3 aromatic rings. The first-order valence-electron chi connectivity index (χ1n) is 5.86. The van der Waals surface area contributed by atoms with Crippen LogP contribution in [-0.4, -0.2) is 5.11 Å². The molecule has 0 fully saturated rings. The fraction of sp³-hybridized carbons (Fsp3) is 0.0667. The smallest absolute Gasteiger partial charge is 0.138 e. The molecule has 20 heavy (non-hydrogen) atoms. The first kappa shape index (κ1) is 14.0. The Kier molecular flexibility index (Phi) is 3.78. The van der Waals surface area contributed by atoms with Crippen molar-refractivity contribution >= 4 is 50.1 Å². The van der Waals surface area contributed by atoms with E-state index in [1.54, 1.807) is 36.4 Å². The normalized spacial score (nSPS) is 12.8. The van der Waals surface area contributed by atoms with Crippen molar-refractivity contribution in [1.82, 2.24) is 0 Å². The predicted molar refractivity (Wildman–Crippen MR) is 84.4 cm³/mol. The molecular weight excluding hydrogens is 363 g/mol. The van der Waals surface area contributed by atoms with Crippen LogP contribution in [0.4, 0.5) is 0 Å². The van der Waals surface area contributed by atoms with E-state index in [1.807, 2.05) is 6.07 Å². The van der Waals surface area contributed by atoms with Crippen molar-refractivity contribution in [2.24, 2.45) is 0 Å². The lowest BCUT2D eigenvalue weighted by atomic mass is 10.1. The molecule has 0 aliphatic heterocycles. The van der Waals surface area contributed by atoms with Crippen LogP contribution in [0.5, 0.6) is 0 Å². The molecule has 0 saturated carbocycles. The summed E-state index contributed by atoms with van der Waals surface area (Å²) in [5.41, 5.74) is 1.26. The number of rotatable bonds is 2. The monoisotopic (exact) mass is 370 g/mol. The van der Waals surface area contributed by atoms with Crippen molar-refractivity contribution in [2.45, 2.75) is 6.10 Å². The van der Waals surface area contributed by atoms with Crippen LogP contribution < -0.4 is 0 Å². The SMILES string of the molecule is OC(c1cc2cc(Cl)ccc2o1)c1cc(Br)ccc1Cl. The Morgan fingerprint density at radius 2 is 1.85 bits per heavy atom. The first-order valence-corrected chi connectivity index (χ1v) is 7.41. The average molecular weight is 372 g/mol. The van der Waals surface area contributed by atoms with E-state index in [-0.39, 0.29) is 0 Å². The summed E-state index contributed by atoms with van der Waals surface area (Å²) >= 11 is 15.4. The molecule has 0 aliphatic rings. The van der Waals surface area contributed by atoms with E-state index >= 15 is 0 Å². The maximum atomic E-state index is 10.4. The standard InChI is InChI=1S/C15H9BrCl2O2/c16-9-1-3-12(18)11(7-9)15(19)14-6-8-5-10(17)2-4-13(8)20-14/h1-7,15,19H. The van der Waals surface area contributed by atoms with Gasteiger partial charge in [0.15, 0.2) is 0 Å². The lowest BCUT2D eigenvalue weighted by Gasteiger charge is -2.10. The van der Waals surface area contributed by atoms with Crippen molar-refractivity contribution in [3.05, 3.63) is 68.3 Å². The lowest BCUT2D eigenvalue weighted by Crippen LogP contribution is -1.98. The topological polar surface area (TPSA) is 33.4 Å². The minimum atomic E-state index is -0.925. The van der Waals surface area contributed by atoms with Gasteiger partial charge in [0, 0.05) is 25.5 Å². The predicted octanol–water partition coefficient (Wildman–Crippen LogP) is 5.58. The fourth-order valence-corrected chi connectivity index (χ4v) is 2.83. The molecule has 5 heteroatoms. The number of fused-ring (bicyclic) bond motifs is 1. The Hall–Kier alpha value is -1.000. The number of hydrogen-bond acceptors (Lipinski definition) is 2. The van der Waals surface area contributed by atoms with Crippen LogP contribution in [0.2, 0.25) is 10.0 Å². The quantitative estimate of drug-likeness (QED) is 0.637. The number of halogens is 3. The van der Waals surface area contributed by atoms with Crippen LogP contribution in [0.25, 0.3) is 11.0 Å². The van der Waals surface area contributed by atoms with Crippen LogP contribution in [0, 0.1) is 0 Å². The Labute approximate surface area is 134 Å². The lowest BCUT2D eigenvalue weighted by molar-refractivity contribution is 0.192. The van der Waals surface area contributed by atoms with Crippen molar-refractivity contribution < 1.29 is 9.52 Å². The molecule has 1 heterocycles. The largest absolute Gasteiger partial charge is 0.458 e. The van der Waals surface area contributed by atoms with E-state index in [2.05, 4.69) is 15.9 Å². The van der Waals surface area contributed by atoms with Crippen LogP contribution in [-0.2, 0) is 0 Å². The molecule has 0 amide bonds. The van der Waals surface area contributed by atoms with E-state index in [4.69, 9.17) is 27.6 Å². The maximum Gasteiger partial charge on any atom is 0.138 e. The molecule has 0 radical (unpaired) electrons. The third kappa shape index (κ3) is 2.59. The van der Waals surface area contributed by atoms with Gasteiger partial charge in [0.05, 0.1) is 0 Å².